The molecule has 0 saturated heterocycles. The fourth-order valence-electron chi connectivity index (χ4n) is 2.15. The molecule has 0 aliphatic rings. The molecular formula is C18H17Cl2NO3. The van der Waals surface area contributed by atoms with Crippen molar-refractivity contribution >= 4 is 40.8 Å². The molecule has 0 radical (unpaired) electrons. The number of esters is 1. The van der Waals surface area contributed by atoms with Crippen LogP contribution in [-0.4, -0.2) is 18.5 Å². The van der Waals surface area contributed by atoms with E-state index in [1.54, 1.807) is 18.2 Å². The quantitative estimate of drug-likeness (QED) is 0.756. The summed E-state index contributed by atoms with van der Waals surface area (Å²) < 4.78 is 5.01. The number of benzene rings is 2. The number of halogens is 2. The van der Waals surface area contributed by atoms with Crippen LogP contribution in [0.2, 0.25) is 10.0 Å². The third-order valence-electron chi connectivity index (χ3n) is 3.43. The summed E-state index contributed by atoms with van der Waals surface area (Å²) in [6.07, 6.45) is 0.199. The van der Waals surface area contributed by atoms with Gasteiger partial charge in [0.2, 0.25) is 0 Å². The first-order valence-corrected chi connectivity index (χ1v) is 8.17. The molecule has 0 heterocycles. The molecule has 1 N–H and O–H groups in total. The molecule has 0 saturated carbocycles. The maximum atomic E-state index is 11.9. The molecule has 0 aromatic heterocycles. The first-order valence-electron chi connectivity index (χ1n) is 7.42. The molecule has 2 aromatic carbocycles. The topological polar surface area (TPSA) is 55.4 Å². The Hall–Kier alpha value is -2.04. The Balaban J connectivity index is 1.82. The number of amides is 1. The van der Waals surface area contributed by atoms with Crippen LogP contribution in [0.15, 0.2) is 48.5 Å². The lowest BCUT2D eigenvalue weighted by atomic mass is 9.98. The maximum absolute atomic E-state index is 11.9. The van der Waals surface area contributed by atoms with E-state index in [0.29, 0.717) is 15.7 Å². The summed E-state index contributed by atoms with van der Waals surface area (Å²) in [6, 6.07) is 14.5. The van der Waals surface area contributed by atoms with Crippen molar-refractivity contribution in [2.24, 2.45) is 0 Å². The highest BCUT2D eigenvalue weighted by Gasteiger charge is 2.15. The van der Waals surface area contributed by atoms with Gasteiger partial charge in [0.25, 0.3) is 5.91 Å². The molecule has 2 rings (SSSR count). The van der Waals surface area contributed by atoms with E-state index in [-0.39, 0.29) is 18.9 Å². The lowest BCUT2D eigenvalue weighted by Gasteiger charge is -2.12. The molecule has 1 amide bonds. The van der Waals surface area contributed by atoms with E-state index < -0.39 is 11.9 Å². The second kappa shape index (κ2) is 8.71. The van der Waals surface area contributed by atoms with Gasteiger partial charge < -0.3 is 10.1 Å². The van der Waals surface area contributed by atoms with Crippen molar-refractivity contribution in [1.29, 1.82) is 0 Å². The van der Waals surface area contributed by atoms with E-state index in [2.05, 4.69) is 5.32 Å². The number of rotatable bonds is 6. The number of hydrogen-bond acceptors (Lipinski definition) is 3. The van der Waals surface area contributed by atoms with Crippen LogP contribution in [0.3, 0.4) is 0 Å². The average Bonchev–Trinajstić information content (AvgIpc) is 2.57. The van der Waals surface area contributed by atoms with Gasteiger partial charge in [-0.3, -0.25) is 9.59 Å². The number of para-hydroxylation sites is 1. The van der Waals surface area contributed by atoms with E-state index in [0.717, 1.165) is 5.56 Å². The van der Waals surface area contributed by atoms with Gasteiger partial charge in [-0.1, -0.05) is 66.5 Å². The average molecular weight is 366 g/mol. The van der Waals surface area contributed by atoms with Crippen LogP contribution in [0.4, 0.5) is 5.69 Å². The van der Waals surface area contributed by atoms with Crippen molar-refractivity contribution in [3.05, 3.63) is 64.1 Å². The highest BCUT2D eigenvalue weighted by molar-refractivity contribution is 6.39. The third kappa shape index (κ3) is 5.25. The molecule has 6 heteroatoms. The fourth-order valence-corrected chi connectivity index (χ4v) is 2.64. The summed E-state index contributed by atoms with van der Waals surface area (Å²) in [4.78, 5) is 23.7. The Morgan fingerprint density at radius 1 is 1.04 bits per heavy atom. The summed E-state index contributed by atoms with van der Waals surface area (Å²) in [5.74, 6) is -0.919. The highest BCUT2D eigenvalue weighted by atomic mass is 35.5. The minimum absolute atomic E-state index is 0.0137. The number of ether oxygens (including phenoxy) is 1. The molecule has 1 atom stereocenters. The Kier molecular flexibility index (Phi) is 6.64. The minimum atomic E-state index is -0.495. The molecule has 0 fully saturated rings. The molecule has 4 nitrogen and oxygen atoms in total. The van der Waals surface area contributed by atoms with Gasteiger partial charge in [0.05, 0.1) is 22.2 Å². The van der Waals surface area contributed by atoms with E-state index in [4.69, 9.17) is 27.9 Å². The van der Waals surface area contributed by atoms with Crippen molar-refractivity contribution in [3.8, 4) is 0 Å². The van der Waals surface area contributed by atoms with Crippen molar-refractivity contribution in [2.75, 3.05) is 11.9 Å². The van der Waals surface area contributed by atoms with Crippen LogP contribution in [-0.2, 0) is 14.3 Å². The number of carbonyl (C=O) groups excluding carboxylic acids is 2. The van der Waals surface area contributed by atoms with Gasteiger partial charge in [-0.25, -0.2) is 0 Å². The molecule has 0 spiro atoms. The molecule has 126 valence electrons. The number of carbonyl (C=O) groups is 2. The first-order chi connectivity index (χ1) is 11.5. The molecular weight excluding hydrogens is 349 g/mol. The second-order valence-electron chi connectivity index (χ2n) is 5.32. The van der Waals surface area contributed by atoms with E-state index in [1.807, 2.05) is 37.3 Å². The van der Waals surface area contributed by atoms with Gasteiger partial charge in [-0.05, 0) is 23.6 Å². The predicted octanol–water partition coefficient (Wildman–Crippen LogP) is 4.67. The van der Waals surface area contributed by atoms with E-state index in [9.17, 15) is 9.59 Å². The third-order valence-corrected chi connectivity index (χ3v) is 4.06. The largest absolute Gasteiger partial charge is 0.456 e. The SMILES string of the molecule is C[C@@H](CC(=O)OCC(=O)Nc1c(Cl)cccc1Cl)c1ccccc1. The van der Waals surface area contributed by atoms with Crippen molar-refractivity contribution in [2.45, 2.75) is 19.3 Å². The lowest BCUT2D eigenvalue weighted by Crippen LogP contribution is -2.21. The normalized spacial score (nSPS) is 11.6. The van der Waals surface area contributed by atoms with Gasteiger partial charge in [0, 0.05) is 0 Å². The Labute approximate surface area is 150 Å². The van der Waals surface area contributed by atoms with E-state index >= 15 is 0 Å². The summed E-state index contributed by atoms with van der Waals surface area (Å²) >= 11 is 11.9. The Morgan fingerprint density at radius 3 is 2.29 bits per heavy atom. The summed E-state index contributed by atoms with van der Waals surface area (Å²) in [5, 5.41) is 3.18. The number of anilines is 1. The standard InChI is InChI=1S/C18H17Cl2NO3/c1-12(13-6-3-2-4-7-13)10-17(23)24-11-16(22)21-18-14(19)8-5-9-15(18)20/h2-9,12H,10-11H2,1H3,(H,21,22)/t12-/m0/s1. The first kappa shape index (κ1) is 18.3. The van der Waals surface area contributed by atoms with Crippen molar-refractivity contribution in [1.82, 2.24) is 0 Å². The molecule has 0 unspecified atom stereocenters. The van der Waals surface area contributed by atoms with Crippen LogP contribution in [0.25, 0.3) is 0 Å². The van der Waals surface area contributed by atoms with Crippen molar-refractivity contribution < 1.29 is 14.3 Å². The van der Waals surface area contributed by atoms with Crippen LogP contribution >= 0.6 is 23.2 Å². The Bertz CT molecular complexity index is 699. The number of nitrogens with one attached hydrogen (secondary N) is 1. The molecule has 24 heavy (non-hydrogen) atoms. The summed E-state index contributed by atoms with van der Waals surface area (Å²) in [5.41, 5.74) is 1.35. The van der Waals surface area contributed by atoms with E-state index in [1.165, 1.54) is 0 Å². The predicted molar refractivity (Wildman–Crippen MR) is 95.5 cm³/mol. The van der Waals surface area contributed by atoms with Gasteiger partial charge in [0.15, 0.2) is 6.61 Å². The van der Waals surface area contributed by atoms with Gasteiger partial charge in [-0.2, -0.15) is 0 Å². The molecule has 0 aliphatic heterocycles. The summed E-state index contributed by atoms with van der Waals surface area (Å²) in [6.45, 7) is 1.54. The maximum Gasteiger partial charge on any atom is 0.306 e. The Morgan fingerprint density at radius 2 is 1.67 bits per heavy atom. The fraction of sp³-hybridized carbons (Fsp3) is 0.222. The zero-order valence-corrected chi connectivity index (χ0v) is 14.6. The second-order valence-corrected chi connectivity index (χ2v) is 6.14. The smallest absolute Gasteiger partial charge is 0.306 e. The van der Waals surface area contributed by atoms with Gasteiger partial charge in [-0.15, -0.1) is 0 Å². The lowest BCUT2D eigenvalue weighted by molar-refractivity contribution is -0.147. The molecule has 0 aliphatic carbocycles. The van der Waals surface area contributed by atoms with Crippen LogP contribution in [0.1, 0.15) is 24.8 Å². The van der Waals surface area contributed by atoms with Gasteiger partial charge in [0.1, 0.15) is 0 Å². The van der Waals surface area contributed by atoms with Crippen LogP contribution in [0, 0.1) is 0 Å². The van der Waals surface area contributed by atoms with Crippen LogP contribution < -0.4 is 5.32 Å². The van der Waals surface area contributed by atoms with Gasteiger partial charge >= 0.3 is 5.97 Å². The highest BCUT2D eigenvalue weighted by Crippen LogP contribution is 2.29. The molecule has 0 bridgehead atoms. The monoisotopic (exact) mass is 365 g/mol. The molecule has 2 aromatic rings. The van der Waals surface area contributed by atoms with Crippen molar-refractivity contribution in [3.63, 3.8) is 0 Å². The zero-order chi connectivity index (χ0) is 17.5. The minimum Gasteiger partial charge on any atom is -0.456 e. The summed E-state index contributed by atoms with van der Waals surface area (Å²) in [7, 11) is 0. The number of hydrogen-bond donors (Lipinski definition) is 1. The van der Waals surface area contributed by atoms with Crippen LogP contribution in [0.5, 0.6) is 0 Å². The zero-order valence-electron chi connectivity index (χ0n) is 13.1.